The number of benzene rings is 1. The third-order valence-electron chi connectivity index (χ3n) is 3.00. The minimum atomic E-state index is -0.424. The van der Waals surface area contributed by atoms with Crippen LogP contribution in [0.1, 0.15) is 23.0 Å². The largest absolute Gasteiger partial charge is 0.444 e. The summed E-state index contributed by atoms with van der Waals surface area (Å²) >= 11 is 3.14. The molecule has 0 unspecified atom stereocenters. The van der Waals surface area contributed by atoms with Crippen molar-refractivity contribution in [1.82, 2.24) is 25.6 Å². The number of furan rings is 1. The zero-order valence-electron chi connectivity index (χ0n) is 12.0. The van der Waals surface area contributed by atoms with Gasteiger partial charge in [-0.1, -0.05) is 12.1 Å². The first-order valence-electron chi connectivity index (χ1n) is 6.57. The van der Waals surface area contributed by atoms with Crippen LogP contribution in [-0.4, -0.2) is 31.8 Å². The highest BCUT2D eigenvalue weighted by molar-refractivity contribution is 9.10. The zero-order chi connectivity index (χ0) is 16.2. The molecule has 0 saturated heterocycles. The van der Waals surface area contributed by atoms with Crippen LogP contribution in [0.4, 0.5) is 0 Å². The van der Waals surface area contributed by atoms with Crippen LogP contribution in [0.5, 0.6) is 0 Å². The maximum Gasteiger partial charge on any atom is 0.307 e. The summed E-state index contributed by atoms with van der Waals surface area (Å²) in [5, 5.41) is 15.1. The lowest BCUT2D eigenvalue weighted by Crippen LogP contribution is -2.18. The zero-order valence-corrected chi connectivity index (χ0v) is 13.6. The van der Waals surface area contributed by atoms with Crippen LogP contribution in [0.3, 0.4) is 0 Å². The first kappa shape index (κ1) is 15.1. The summed E-state index contributed by atoms with van der Waals surface area (Å²) in [6, 6.07) is 10.7. The van der Waals surface area contributed by atoms with Crippen molar-refractivity contribution in [3.63, 3.8) is 0 Å². The van der Waals surface area contributed by atoms with Crippen molar-refractivity contribution in [2.45, 2.75) is 6.92 Å². The van der Waals surface area contributed by atoms with Crippen molar-refractivity contribution in [2.75, 3.05) is 0 Å². The fourth-order valence-corrected chi connectivity index (χ4v) is 2.15. The smallest absolute Gasteiger partial charge is 0.307 e. The van der Waals surface area contributed by atoms with Crippen LogP contribution in [0.25, 0.3) is 5.69 Å². The maximum absolute atomic E-state index is 11.9. The number of hydrogen-bond acceptors (Lipinski definition) is 6. The van der Waals surface area contributed by atoms with E-state index in [0.29, 0.717) is 10.4 Å². The number of amides is 1. The highest BCUT2D eigenvalue weighted by Crippen LogP contribution is 2.14. The molecular weight excluding hydrogens is 364 g/mol. The number of nitrogens with zero attached hydrogens (tertiary/aromatic N) is 5. The molecule has 1 N–H and O–H groups in total. The van der Waals surface area contributed by atoms with Crippen LogP contribution in [0.2, 0.25) is 0 Å². The normalized spacial score (nSPS) is 11.5. The number of aromatic nitrogens is 4. The number of halogens is 1. The van der Waals surface area contributed by atoms with Crippen molar-refractivity contribution in [3.05, 3.63) is 58.7 Å². The highest BCUT2D eigenvalue weighted by atomic mass is 79.9. The molecule has 0 bridgehead atoms. The van der Waals surface area contributed by atoms with Crippen molar-refractivity contribution in [3.8, 4) is 5.69 Å². The molecule has 9 heteroatoms. The summed E-state index contributed by atoms with van der Waals surface area (Å²) in [7, 11) is 0. The summed E-state index contributed by atoms with van der Waals surface area (Å²) in [6.07, 6.45) is 1.50. The van der Waals surface area contributed by atoms with E-state index in [2.05, 4.69) is 42.0 Å². The van der Waals surface area contributed by atoms with Gasteiger partial charge in [0.1, 0.15) is 6.33 Å². The molecule has 3 rings (SSSR count). The van der Waals surface area contributed by atoms with Crippen molar-refractivity contribution in [2.24, 2.45) is 5.10 Å². The van der Waals surface area contributed by atoms with Crippen LogP contribution in [0, 0.1) is 0 Å². The maximum atomic E-state index is 11.9. The van der Waals surface area contributed by atoms with Gasteiger partial charge in [0.2, 0.25) is 0 Å². The standard InChI is InChI=1S/C14H11BrN6O2/c1-9(17-18-14(22)12-5-6-13(15)23-12)10-3-2-4-11(7-10)21-8-16-19-20-21/h2-8H,1H3,(H,18,22). The predicted octanol–water partition coefficient (Wildman–Crippen LogP) is 2.17. The lowest BCUT2D eigenvalue weighted by molar-refractivity contribution is 0.0926. The number of hydrogen-bond donors (Lipinski definition) is 1. The monoisotopic (exact) mass is 374 g/mol. The molecule has 1 amide bonds. The molecule has 0 saturated carbocycles. The first-order valence-corrected chi connectivity index (χ1v) is 7.36. The Morgan fingerprint density at radius 1 is 1.35 bits per heavy atom. The Kier molecular flexibility index (Phi) is 4.29. The number of tetrazole rings is 1. The Balaban J connectivity index is 1.76. The lowest BCUT2D eigenvalue weighted by atomic mass is 10.1. The quantitative estimate of drug-likeness (QED) is 0.557. The van der Waals surface area contributed by atoms with Gasteiger partial charge in [-0.2, -0.15) is 5.10 Å². The van der Waals surface area contributed by atoms with Crippen molar-refractivity contribution in [1.29, 1.82) is 0 Å². The van der Waals surface area contributed by atoms with Gasteiger partial charge in [0, 0.05) is 0 Å². The second kappa shape index (κ2) is 6.53. The van der Waals surface area contributed by atoms with E-state index in [-0.39, 0.29) is 5.76 Å². The number of hydrazone groups is 1. The lowest BCUT2D eigenvalue weighted by Gasteiger charge is -2.04. The fourth-order valence-electron chi connectivity index (χ4n) is 1.84. The van der Waals surface area contributed by atoms with Gasteiger partial charge in [0.05, 0.1) is 11.4 Å². The van der Waals surface area contributed by atoms with E-state index in [0.717, 1.165) is 11.3 Å². The molecule has 0 aliphatic carbocycles. The van der Waals surface area contributed by atoms with E-state index in [1.165, 1.54) is 11.0 Å². The average molecular weight is 375 g/mol. The summed E-state index contributed by atoms with van der Waals surface area (Å²) in [4.78, 5) is 11.9. The van der Waals surface area contributed by atoms with E-state index < -0.39 is 5.91 Å². The Hall–Kier alpha value is -2.81. The Labute approximate surface area is 139 Å². The van der Waals surface area contributed by atoms with E-state index in [9.17, 15) is 4.79 Å². The third-order valence-corrected chi connectivity index (χ3v) is 3.43. The van der Waals surface area contributed by atoms with Gasteiger partial charge in [0.25, 0.3) is 0 Å². The van der Waals surface area contributed by atoms with Gasteiger partial charge in [-0.3, -0.25) is 4.79 Å². The number of rotatable bonds is 4. The van der Waals surface area contributed by atoms with E-state index in [4.69, 9.17) is 4.42 Å². The number of carbonyl (C=O) groups excluding carboxylic acids is 1. The van der Waals surface area contributed by atoms with Gasteiger partial charge >= 0.3 is 5.91 Å². The van der Waals surface area contributed by atoms with E-state index >= 15 is 0 Å². The van der Waals surface area contributed by atoms with Gasteiger partial charge in [-0.25, -0.2) is 10.1 Å². The van der Waals surface area contributed by atoms with Crippen LogP contribution in [-0.2, 0) is 0 Å². The van der Waals surface area contributed by atoms with Gasteiger partial charge in [-0.05, 0) is 63.1 Å². The summed E-state index contributed by atoms with van der Waals surface area (Å²) in [5.41, 5.74) is 4.72. The molecule has 0 spiro atoms. The van der Waals surface area contributed by atoms with Crippen molar-refractivity contribution < 1.29 is 9.21 Å². The van der Waals surface area contributed by atoms with Gasteiger partial charge < -0.3 is 4.42 Å². The molecule has 0 fully saturated rings. The predicted molar refractivity (Wildman–Crippen MR) is 85.2 cm³/mol. The fraction of sp³-hybridized carbons (Fsp3) is 0.0714. The number of nitrogens with one attached hydrogen (secondary N) is 1. The highest BCUT2D eigenvalue weighted by Gasteiger charge is 2.10. The van der Waals surface area contributed by atoms with Gasteiger partial charge in [0.15, 0.2) is 10.4 Å². The summed E-state index contributed by atoms with van der Waals surface area (Å²) < 4.78 is 7.18. The molecule has 1 aromatic carbocycles. The van der Waals surface area contributed by atoms with Crippen LogP contribution >= 0.6 is 15.9 Å². The first-order chi connectivity index (χ1) is 11.1. The molecular formula is C14H11BrN6O2. The molecule has 0 aliphatic rings. The summed E-state index contributed by atoms with van der Waals surface area (Å²) in [5.74, 6) is -0.248. The molecule has 116 valence electrons. The molecule has 0 radical (unpaired) electrons. The third kappa shape index (κ3) is 3.51. The van der Waals surface area contributed by atoms with Crippen molar-refractivity contribution >= 4 is 27.5 Å². The molecule has 0 atom stereocenters. The topological polar surface area (TPSA) is 98.2 Å². The Morgan fingerprint density at radius 3 is 2.91 bits per heavy atom. The molecule has 3 aromatic rings. The van der Waals surface area contributed by atoms with Crippen LogP contribution < -0.4 is 5.43 Å². The van der Waals surface area contributed by atoms with Crippen LogP contribution in [0.15, 0.2) is 56.9 Å². The summed E-state index contributed by atoms with van der Waals surface area (Å²) in [6.45, 7) is 1.79. The molecule has 23 heavy (non-hydrogen) atoms. The number of carbonyl (C=O) groups is 1. The molecule has 2 heterocycles. The van der Waals surface area contributed by atoms with E-state index in [1.807, 2.05) is 24.3 Å². The minimum absolute atomic E-state index is 0.177. The second-order valence-electron chi connectivity index (χ2n) is 4.55. The average Bonchev–Trinajstić information content (AvgIpc) is 3.24. The minimum Gasteiger partial charge on any atom is -0.444 e. The van der Waals surface area contributed by atoms with Gasteiger partial charge in [-0.15, -0.1) is 5.10 Å². The SMILES string of the molecule is CC(=NNC(=O)c1ccc(Br)o1)c1cccc(-n2cnnn2)c1. The molecule has 2 aromatic heterocycles. The Bertz CT molecular complexity index is 856. The molecule has 8 nitrogen and oxygen atoms in total. The second-order valence-corrected chi connectivity index (χ2v) is 5.33. The Morgan fingerprint density at radius 2 is 2.22 bits per heavy atom. The van der Waals surface area contributed by atoms with E-state index in [1.54, 1.807) is 19.1 Å². The molecule has 0 aliphatic heterocycles.